The van der Waals surface area contributed by atoms with E-state index >= 15 is 0 Å². The van der Waals surface area contributed by atoms with Crippen molar-refractivity contribution in [1.29, 1.82) is 0 Å². The number of esters is 1. The SMILES string of the molecule is CCOC(=O)/C=C/CC(O)c1ccc(Cl)cc1. The first-order valence-corrected chi connectivity index (χ1v) is 5.78. The van der Waals surface area contributed by atoms with Crippen LogP contribution in [0.4, 0.5) is 0 Å². The first-order valence-electron chi connectivity index (χ1n) is 5.40. The van der Waals surface area contributed by atoms with Crippen LogP contribution in [0.5, 0.6) is 0 Å². The maximum Gasteiger partial charge on any atom is 0.330 e. The summed E-state index contributed by atoms with van der Waals surface area (Å²) in [6, 6.07) is 6.95. The van der Waals surface area contributed by atoms with Crippen molar-refractivity contribution in [2.75, 3.05) is 6.61 Å². The van der Waals surface area contributed by atoms with E-state index in [0.717, 1.165) is 5.56 Å². The molecule has 1 rings (SSSR count). The molecule has 1 aromatic rings. The summed E-state index contributed by atoms with van der Waals surface area (Å²) in [5.41, 5.74) is 0.767. The summed E-state index contributed by atoms with van der Waals surface area (Å²) in [5, 5.41) is 10.4. The molecule has 1 N–H and O–H groups in total. The van der Waals surface area contributed by atoms with Gasteiger partial charge in [0.2, 0.25) is 0 Å². The zero-order valence-corrected chi connectivity index (χ0v) is 10.4. The van der Waals surface area contributed by atoms with Gasteiger partial charge >= 0.3 is 5.97 Å². The van der Waals surface area contributed by atoms with Gasteiger partial charge in [-0.2, -0.15) is 0 Å². The summed E-state index contributed by atoms with van der Waals surface area (Å²) in [4.78, 5) is 11.0. The number of benzene rings is 1. The van der Waals surface area contributed by atoms with Crippen LogP contribution in [0.3, 0.4) is 0 Å². The van der Waals surface area contributed by atoms with Crippen molar-refractivity contribution in [2.24, 2.45) is 0 Å². The molecule has 92 valence electrons. The molecule has 17 heavy (non-hydrogen) atoms. The van der Waals surface area contributed by atoms with Gasteiger partial charge in [0.1, 0.15) is 0 Å². The quantitative estimate of drug-likeness (QED) is 0.649. The summed E-state index contributed by atoms with van der Waals surface area (Å²) in [6.07, 6.45) is 2.64. The Hall–Kier alpha value is -1.32. The molecule has 0 aliphatic carbocycles. The summed E-state index contributed by atoms with van der Waals surface area (Å²) in [7, 11) is 0. The van der Waals surface area contributed by atoms with Crippen LogP contribution in [0.15, 0.2) is 36.4 Å². The molecule has 1 atom stereocenters. The van der Waals surface area contributed by atoms with Crippen LogP contribution in [0.25, 0.3) is 0 Å². The number of halogens is 1. The van der Waals surface area contributed by atoms with Crippen LogP contribution in [-0.2, 0) is 9.53 Å². The maximum atomic E-state index is 11.0. The summed E-state index contributed by atoms with van der Waals surface area (Å²) in [5.74, 6) is -0.393. The first kappa shape index (κ1) is 13.7. The van der Waals surface area contributed by atoms with E-state index in [1.54, 1.807) is 37.3 Å². The Bertz CT molecular complexity index is 384. The smallest absolute Gasteiger partial charge is 0.330 e. The average molecular weight is 255 g/mol. The third kappa shape index (κ3) is 5.02. The number of ether oxygens (including phenoxy) is 1. The van der Waals surface area contributed by atoms with Crippen LogP contribution in [0, 0.1) is 0 Å². The van der Waals surface area contributed by atoms with Crippen LogP contribution in [0.1, 0.15) is 25.0 Å². The van der Waals surface area contributed by atoms with E-state index in [2.05, 4.69) is 0 Å². The Labute approximate surface area is 106 Å². The third-order valence-corrected chi connectivity index (χ3v) is 2.41. The van der Waals surface area contributed by atoms with Crippen LogP contribution < -0.4 is 0 Å². The molecule has 1 aromatic carbocycles. The van der Waals surface area contributed by atoms with Gasteiger partial charge in [-0.1, -0.05) is 29.8 Å². The lowest BCUT2D eigenvalue weighted by atomic mass is 10.1. The molecule has 0 amide bonds. The maximum absolute atomic E-state index is 11.0. The normalized spacial score (nSPS) is 12.6. The highest BCUT2D eigenvalue weighted by Gasteiger charge is 2.05. The van der Waals surface area contributed by atoms with E-state index in [4.69, 9.17) is 16.3 Å². The molecule has 4 heteroatoms. The highest BCUT2D eigenvalue weighted by molar-refractivity contribution is 6.30. The second kappa shape index (κ2) is 7.09. The molecule has 3 nitrogen and oxygen atoms in total. The lowest BCUT2D eigenvalue weighted by Crippen LogP contribution is -2.00. The van der Waals surface area contributed by atoms with Crippen molar-refractivity contribution in [3.8, 4) is 0 Å². The van der Waals surface area contributed by atoms with Gasteiger partial charge < -0.3 is 9.84 Å². The molecule has 0 saturated carbocycles. The van der Waals surface area contributed by atoms with Gasteiger partial charge in [0.15, 0.2) is 0 Å². The van der Waals surface area contributed by atoms with Gasteiger partial charge in [-0.05, 0) is 31.0 Å². The van der Waals surface area contributed by atoms with Crippen molar-refractivity contribution in [3.63, 3.8) is 0 Å². The highest BCUT2D eigenvalue weighted by atomic mass is 35.5. The largest absolute Gasteiger partial charge is 0.463 e. The Morgan fingerprint density at radius 2 is 2.12 bits per heavy atom. The van der Waals surface area contributed by atoms with Crippen LogP contribution >= 0.6 is 11.6 Å². The Balaban J connectivity index is 2.47. The molecule has 0 saturated heterocycles. The molecule has 0 heterocycles. The minimum absolute atomic E-state index is 0.350. The zero-order valence-electron chi connectivity index (χ0n) is 9.60. The molecule has 1 unspecified atom stereocenters. The van der Waals surface area contributed by atoms with Crippen molar-refractivity contribution in [2.45, 2.75) is 19.4 Å². The van der Waals surface area contributed by atoms with Crippen LogP contribution in [-0.4, -0.2) is 17.7 Å². The molecule has 0 radical (unpaired) electrons. The fourth-order valence-electron chi connectivity index (χ4n) is 1.30. The molecule has 0 fully saturated rings. The van der Waals surface area contributed by atoms with E-state index in [-0.39, 0.29) is 0 Å². The molecule has 0 aliphatic rings. The van der Waals surface area contributed by atoms with E-state index in [9.17, 15) is 9.90 Å². The second-order valence-electron chi connectivity index (χ2n) is 3.46. The van der Waals surface area contributed by atoms with Gasteiger partial charge in [0, 0.05) is 11.1 Å². The van der Waals surface area contributed by atoms with Gasteiger partial charge in [-0.3, -0.25) is 0 Å². The molecular formula is C13H15ClO3. The van der Waals surface area contributed by atoms with Crippen molar-refractivity contribution >= 4 is 17.6 Å². The fraction of sp³-hybridized carbons (Fsp3) is 0.308. The van der Waals surface area contributed by atoms with E-state index < -0.39 is 12.1 Å². The van der Waals surface area contributed by atoms with Gasteiger partial charge in [0.25, 0.3) is 0 Å². The molecule has 0 aliphatic heterocycles. The Kier molecular flexibility index (Phi) is 5.73. The fourth-order valence-corrected chi connectivity index (χ4v) is 1.43. The molecule has 0 bridgehead atoms. The number of aliphatic hydroxyl groups excluding tert-OH is 1. The summed E-state index contributed by atoms with van der Waals surface area (Å²) >= 11 is 5.74. The van der Waals surface area contributed by atoms with Gasteiger partial charge in [-0.15, -0.1) is 0 Å². The van der Waals surface area contributed by atoms with Crippen molar-refractivity contribution < 1.29 is 14.6 Å². The number of carbonyl (C=O) groups is 1. The van der Waals surface area contributed by atoms with Crippen molar-refractivity contribution in [3.05, 3.63) is 47.0 Å². The minimum atomic E-state index is -0.641. The lowest BCUT2D eigenvalue weighted by Gasteiger charge is -2.07. The van der Waals surface area contributed by atoms with Gasteiger partial charge in [-0.25, -0.2) is 4.79 Å². The number of hydrogen-bond acceptors (Lipinski definition) is 3. The summed E-state index contributed by atoms with van der Waals surface area (Å²) in [6.45, 7) is 2.09. The topological polar surface area (TPSA) is 46.5 Å². The van der Waals surface area contributed by atoms with Crippen LogP contribution in [0.2, 0.25) is 5.02 Å². The number of hydrogen-bond donors (Lipinski definition) is 1. The van der Waals surface area contributed by atoms with E-state index in [1.165, 1.54) is 6.08 Å². The average Bonchev–Trinajstić information content (AvgIpc) is 2.30. The van der Waals surface area contributed by atoms with Gasteiger partial charge in [0.05, 0.1) is 12.7 Å². The second-order valence-corrected chi connectivity index (χ2v) is 3.89. The highest BCUT2D eigenvalue weighted by Crippen LogP contribution is 2.19. The summed E-state index contributed by atoms with van der Waals surface area (Å²) < 4.78 is 4.72. The molecular weight excluding hydrogens is 240 g/mol. The monoisotopic (exact) mass is 254 g/mol. The van der Waals surface area contributed by atoms with E-state index in [0.29, 0.717) is 18.1 Å². The molecule has 0 spiro atoms. The van der Waals surface area contributed by atoms with Crippen molar-refractivity contribution in [1.82, 2.24) is 0 Å². The number of rotatable bonds is 5. The Morgan fingerprint density at radius 1 is 1.47 bits per heavy atom. The minimum Gasteiger partial charge on any atom is -0.463 e. The molecule has 0 aromatic heterocycles. The first-order chi connectivity index (χ1) is 8.13. The third-order valence-electron chi connectivity index (χ3n) is 2.15. The standard InChI is InChI=1S/C13H15ClO3/c1-2-17-13(16)5-3-4-12(15)10-6-8-11(14)9-7-10/h3,5-9,12,15H,2,4H2,1H3/b5-3+. The Morgan fingerprint density at radius 3 is 2.71 bits per heavy atom. The lowest BCUT2D eigenvalue weighted by molar-refractivity contribution is -0.137. The predicted octanol–water partition coefficient (Wildman–Crippen LogP) is 2.88. The predicted molar refractivity (Wildman–Crippen MR) is 66.8 cm³/mol. The zero-order chi connectivity index (χ0) is 12.7. The number of carbonyl (C=O) groups excluding carboxylic acids is 1. The number of aliphatic hydroxyl groups is 1. The van der Waals surface area contributed by atoms with E-state index in [1.807, 2.05) is 0 Å².